The van der Waals surface area contributed by atoms with Gasteiger partial charge in [-0.3, -0.25) is 5.10 Å². The number of alkyl halides is 3. The van der Waals surface area contributed by atoms with E-state index < -0.39 is 30.0 Å². The summed E-state index contributed by atoms with van der Waals surface area (Å²) in [4.78, 5) is 23.9. The molecule has 3 aromatic rings. The third kappa shape index (κ3) is 4.69. The average molecular weight is 459 g/mol. The number of nitrogens with zero attached hydrogens (tertiary/aromatic N) is 1. The Morgan fingerprint density at radius 1 is 1.09 bits per heavy atom. The van der Waals surface area contributed by atoms with Crippen LogP contribution < -0.4 is 5.32 Å². The second-order valence-electron chi connectivity index (χ2n) is 7.67. The summed E-state index contributed by atoms with van der Waals surface area (Å²) < 4.78 is 44.2. The van der Waals surface area contributed by atoms with Gasteiger partial charge in [-0.05, 0) is 35.1 Å². The lowest BCUT2D eigenvalue weighted by Crippen LogP contribution is -2.41. The van der Waals surface area contributed by atoms with Crippen molar-refractivity contribution in [2.75, 3.05) is 6.61 Å². The summed E-state index contributed by atoms with van der Waals surface area (Å²) in [7, 11) is 0. The van der Waals surface area contributed by atoms with Gasteiger partial charge < -0.3 is 15.2 Å². The smallest absolute Gasteiger partial charge is 0.433 e. The van der Waals surface area contributed by atoms with Crippen LogP contribution in [0, 0.1) is 0 Å². The van der Waals surface area contributed by atoms with Gasteiger partial charge in [0.2, 0.25) is 0 Å². The number of carboxylic acids is 1. The van der Waals surface area contributed by atoms with Crippen molar-refractivity contribution < 1.29 is 32.6 Å². The van der Waals surface area contributed by atoms with Crippen molar-refractivity contribution in [2.24, 2.45) is 0 Å². The van der Waals surface area contributed by atoms with Gasteiger partial charge in [0.15, 0.2) is 0 Å². The number of aromatic nitrogens is 2. The highest BCUT2D eigenvalue weighted by atomic mass is 19.4. The topological polar surface area (TPSA) is 104 Å². The van der Waals surface area contributed by atoms with Gasteiger partial charge in [-0.2, -0.15) is 18.3 Å². The van der Waals surface area contributed by atoms with Crippen LogP contribution >= 0.6 is 0 Å². The van der Waals surface area contributed by atoms with E-state index in [0.29, 0.717) is 0 Å². The summed E-state index contributed by atoms with van der Waals surface area (Å²) in [5.74, 6) is -1.58. The number of rotatable bonds is 7. The van der Waals surface area contributed by atoms with Crippen LogP contribution in [0.1, 0.15) is 34.7 Å². The van der Waals surface area contributed by atoms with E-state index in [4.69, 9.17) is 4.74 Å². The molecule has 33 heavy (non-hydrogen) atoms. The first-order chi connectivity index (χ1) is 15.8. The highest BCUT2D eigenvalue weighted by Crippen LogP contribution is 2.44. The van der Waals surface area contributed by atoms with Gasteiger partial charge in [-0.1, -0.05) is 48.5 Å². The van der Waals surface area contributed by atoms with Gasteiger partial charge in [0.05, 0.1) is 6.20 Å². The molecule has 1 amide bonds. The summed E-state index contributed by atoms with van der Waals surface area (Å²) in [5.41, 5.74) is 2.88. The predicted molar refractivity (Wildman–Crippen MR) is 112 cm³/mol. The molecule has 0 saturated carbocycles. The molecule has 0 unspecified atom stereocenters. The fraction of sp³-hybridized carbons (Fsp3) is 0.261. The maximum absolute atomic E-state index is 13.0. The normalized spacial score (nSPS) is 13.8. The number of carbonyl (C=O) groups is 2. The van der Waals surface area contributed by atoms with E-state index in [1.165, 1.54) is 0 Å². The van der Waals surface area contributed by atoms with Crippen LogP contribution in [0.5, 0.6) is 0 Å². The molecule has 0 saturated heterocycles. The van der Waals surface area contributed by atoms with Crippen LogP contribution in [-0.4, -0.2) is 40.0 Å². The fourth-order valence-corrected chi connectivity index (χ4v) is 4.09. The van der Waals surface area contributed by atoms with Crippen molar-refractivity contribution in [3.8, 4) is 11.1 Å². The third-order valence-corrected chi connectivity index (χ3v) is 5.64. The molecular formula is C23H20F3N3O4. The largest absolute Gasteiger partial charge is 0.480 e. The molecule has 0 radical (unpaired) electrons. The first-order valence-electron chi connectivity index (χ1n) is 10.2. The maximum atomic E-state index is 13.0. The summed E-state index contributed by atoms with van der Waals surface area (Å²) in [5, 5.41) is 16.9. The zero-order chi connectivity index (χ0) is 23.6. The highest BCUT2D eigenvalue weighted by molar-refractivity contribution is 5.81. The van der Waals surface area contributed by atoms with Gasteiger partial charge in [0.1, 0.15) is 18.3 Å². The van der Waals surface area contributed by atoms with E-state index in [1.807, 2.05) is 53.6 Å². The number of carbonyl (C=O) groups excluding carboxylic acids is 1. The van der Waals surface area contributed by atoms with E-state index in [9.17, 15) is 27.9 Å². The van der Waals surface area contributed by atoms with Crippen LogP contribution in [0.4, 0.5) is 18.0 Å². The van der Waals surface area contributed by atoms with E-state index in [0.717, 1.165) is 28.5 Å². The zero-order valence-corrected chi connectivity index (χ0v) is 17.2. The zero-order valence-electron chi connectivity index (χ0n) is 17.2. The quantitative estimate of drug-likeness (QED) is 0.487. The van der Waals surface area contributed by atoms with Crippen LogP contribution in [0.3, 0.4) is 0 Å². The predicted octanol–water partition coefficient (Wildman–Crippen LogP) is 4.35. The minimum atomic E-state index is -4.63. The van der Waals surface area contributed by atoms with Crippen molar-refractivity contribution in [3.63, 3.8) is 0 Å². The fourth-order valence-electron chi connectivity index (χ4n) is 4.09. The van der Waals surface area contributed by atoms with Crippen LogP contribution in [-0.2, 0) is 22.1 Å². The Labute approximate surface area is 186 Å². The lowest BCUT2D eigenvalue weighted by molar-refractivity contribution is -0.141. The molecule has 7 nitrogen and oxygen atoms in total. The molecule has 2 aromatic carbocycles. The maximum Gasteiger partial charge on any atom is 0.433 e. The molecule has 1 aromatic heterocycles. The number of aliphatic carboxylic acids is 1. The molecule has 4 rings (SSSR count). The number of hydrogen-bond donors (Lipinski definition) is 3. The minimum Gasteiger partial charge on any atom is -0.480 e. The van der Waals surface area contributed by atoms with Crippen molar-refractivity contribution >= 4 is 12.1 Å². The summed E-state index contributed by atoms with van der Waals surface area (Å²) in [6.45, 7) is -0.00779. The number of halogens is 3. The number of nitrogens with one attached hydrogen (secondary N) is 2. The van der Waals surface area contributed by atoms with E-state index in [1.54, 1.807) is 0 Å². The molecule has 0 fully saturated rings. The molecule has 0 bridgehead atoms. The minimum absolute atomic E-state index is 0.00779. The Hall–Kier alpha value is -3.82. The van der Waals surface area contributed by atoms with Gasteiger partial charge >= 0.3 is 18.2 Å². The number of ether oxygens (including phenoxy) is 1. The van der Waals surface area contributed by atoms with Crippen LogP contribution in [0.2, 0.25) is 0 Å². The monoisotopic (exact) mass is 459 g/mol. The number of alkyl carbamates (subject to hydrolysis) is 1. The van der Waals surface area contributed by atoms with Crippen molar-refractivity contribution in [2.45, 2.75) is 31.0 Å². The van der Waals surface area contributed by atoms with Gasteiger partial charge in [0, 0.05) is 11.5 Å². The number of carboxylic acid groups (broad SMARTS) is 1. The van der Waals surface area contributed by atoms with Crippen LogP contribution in [0.25, 0.3) is 11.1 Å². The Morgan fingerprint density at radius 3 is 2.27 bits per heavy atom. The SMILES string of the molecule is O=C(N[C@H](CCc1cn[nH]c1C(F)(F)F)C(=O)O)OCC1c2ccccc2-c2ccccc21. The third-order valence-electron chi connectivity index (χ3n) is 5.64. The van der Waals surface area contributed by atoms with Crippen molar-refractivity contribution in [1.82, 2.24) is 15.5 Å². The number of H-pyrrole nitrogens is 1. The van der Waals surface area contributed by atoms with E-state index in [-0.39, 0.29) is 30.9 Å². The number of fused-ring (bicyclic) bond motifs is 3. The summed E-state index contributed by atoms with van der Waals surface area (Å²) in [6, 6.07) is 14.1. The first-order valence-corrected chi connectivity index (χ1v) is 10.2. The Kier molecular flexibility index (Phi) is 6.08. The number of benzene rings is 2. The Bertz CT molecular complexity index is 1130. The average Bonchev–Trinajstić information content (AvgIpc) is 3.38. The van der Waals surface area contributed by atoms with Crippen LogP contribution in [0.15, 0.2) is 54.7 Å². The number of aromatic amines is 1. The molecule has 1 aliphatic carbocycles. The second-order valence-corrected chi connectivity index (χ2v) is 7.67. The van der Waals surface area contributed by atoms with E-state index in [2.05, 4.69) is 10.4 Å². The lowest BCUT2D eigenvalue weighted by atomic mass is 9.98. The standard InChI is InChI=1S/C23H20F3N3O4/c24-23(25,26)20-13(11-27-29-20)9-10-19(21(30)31)28-22(32)33-12-18-16-7-3-1-5-14(16)15-6-2-4-8-17(15)18/h1-8,11,18-19H,9-10,12H2,(H,27,29)(H,28,32)(H,30,31)/t19-/m1/s1. The van der Waals surface area contributed by atoms with E-state index >= 15 is 0 Å². The molecule has 0 spiro atoms. The lowest BCUT2D eigenvalue weighted by Gasteiger charge is -2.17. The Balaban J connectivity index is 1.39. The molecule has 3 N–H and O–H groups in total. The van der Waals surface area contributed by atoms with Gasteiger partial charge in [0.25, 0.3) is 0 Å². The van der Waals surface area contributed by atoms with Crippen molar-refractivity contribution in [3.05, 3.63) is 77.1 Å². The number of aryl methyl sites for hydroxylation is 1. The molecule has 1 aliphatic rings. The molecule has 10 heteroatoms. The highest BCUT2D eigenvalue weighted by Gasteiger charge is 2.36. The van der Waals surface area contributed by atoms with Gasteiger partial charge in [-0.25, -0.2) is 9.59 Å². The molecule has 172 valence electrons. The number of hydrogen-bond acceptors (Lipinski definition) is 4. The summed E-state index contributed by atoms with van der Waals surface area (Å²) >= 11 is 0. The molecule has 1 heterocycles. The Morgan fingerprint density at radius 2 is 1.70 bits per heavy atom. The first kappa shape index (κ1) is 22.4. The molecular weight excluding hydrogens is 439 g/mol. The number of amides is 1. The summed E-state index contributed by atoms with van der Waals surface area (Å²) in [6.07, 6.45) is -5.10. The van der Waals surface area contributed by atoms with Crippen molar-refractivity contribution in [1.29, 1.82) is 0 Å². The molecule has 1 atom stereocenters. The van der Waals surface area contributed by atoms with Gasteiger partial charge in [-0.15, -0.1) is 0 Å². The molecule has 0 aliphatic heterocycles. The second kappa shape index (κ2) is 8.97.